The number of unbranched alkanes of at least 4 members (excludes halogenated alkanes) is 2. The molecular formula is C16H28O8. The van der Waals surface area contributed by atoms with Crippen LogP contribution in [0.15, 0.2) is 24.3 Å². The fraction of sp³-hybridized carbons (Fsp3) is 0.500. The molecule has 8 heteroatoms. The predicted octanol–water partition coefficient (Wildman–Crippen LogP) is 3.04. The van der Waals surface area contributed by atoms with Gasteiger partial charge in [-0.05, 0) is 0 Å². The molecule has 0 aliphatic rings. The van der Waals surface area contributed by atoms with Gasteiger partial charge in [0.2, 0.25) is 0 Å². The first-order chi connectivity index (χ1) is 11.1. The third-order valence-corrected chi connectivity index (χ3v) is 1.74. The van der Waals surface area contributed by atoms with Crippen molar-refractivity contribution in [2.75, 3.05) is 0 Å². The molecule has 0 radical (unpaired) electrons. The Balaban J connectivity index is -0.000000117. The van der Waals surface area contributed by atoms with Crippen molar-refractivity contribution in [1.29, 1.82) is 0 Å². The third-order valence-electron chi connectivity index (χ3n) is 1.74. The fourth-order valence-electron chi connectivity index (χ4n) is 0.285. The summed E-state index contributed by atoms with van der Waals surface area (Å²) in [6, 6.07) is 0. The largest absolute Gasteiger partial charge is 0.478 e. The highest BCUT2D eigenvalue weighted by molar-refractivity contribution is 5.90. The summed E-state index contributed by atoms with van der Waals surface area (Å²) in [6.07, 6.45) is 7.51. The van der Waals surface area contributed by atoms with Gasteiger partial charge in [0.1, 0.15) is 0 Å². The van der Waals surface area contributed by atoms with Gasteiger partial charge < -0.3 is 20.4 Å². The average Bonchev–Trinajstić information content (AvgIpc) is 2.52. The molecule has 0 bridgehead atoms. The van der Waals surface area contributed by atoms with Crippen LogP contribution in [0, 0.1) is 0 Å². The predicted molar refractivity (Wildman–Crippen MR) is 90.0 cm³/mol. The van der Waals surface area contributed by atoms with Crippen LogP contribution in [-0.4, -0.2) is 44.3 Å². The molecule has 140 valence electrons. The maximum atomic E-state index is 9.55. The number of carboxylic acid groups (broad SMARTS) is 4. The second kappa shape index (κ2) is 25.3. The molecule has 0 atom stereocenters. The van der Waals surface area contributed by atoms with E-state index in [4.69, 9.17) is 20.4 Å². The van der Waals surface area contributed by atoms with E-state index < -0.39 is 23.9 Å². The lowest BCUT2D eigenvalue weighted by Crippen LogP contribution is -1.91. The SMILES string of the molecule is CCCC.CCCC.O=C(O)/C=C/C(=O)O.O=C(O)/C=C\C(=O)O. The average molecular weight is 348 g/mol. The number of hydrogen-bond acceptors (Lipinski definition) is 4. The van der Waals surface area contributed by atoms with Crippen LogP contribution in [0.5, 0.6) is 0 Å². The lowest BCUT2D eigenvalue weighted by molar-refractivity contribution is -0.134. The van der Waals surface area contributed by atoms with Crippen LogP contribution in [0.2, 0.25) is 0 Å². The molecule has 0 rings (SSSR count). The molecular weight excluding hydrogens is 320 g/mol. The summed E-state index contributed by atoms with van der Waals surface area (Å²) in [6.45, 7) is 8.72. The van der Waals surface area contributed by atoms with E-state index in [0.717, 1.165) is 0 Å². The number of carbonyl (C=O) groups is 4. The molecule has 0 aromatic carbocycles. The topological polar surface area (TPSA) is 149 Å². The maximum absolute atomic E-state index is 9.55. The van der Waals surface area contributed by atoms with Crippen molar-refractivity contribution in [2.45, 2.75) is 53.4 Å². The van der Waals surface area contributed by atoms with Crippen LogP contribution >= 0.6 is 0 Å². The molecule has 0 aliphatic carbocycles. The Morgan fingerprint density at radius 2 is 0.625 bits per heavy atom. The molecule has 0 aliphatic heterocycles. The summed E-state index contributed by atoms with van der Waals surface area (Å²) in [7, 11) is 0. The second-order valence-corrected chi connectivity index (χ2v) is 4.02. The molecule has 0 fully saturated rings. The highest BCUT2D eigenvalue weighted by atomic mass is 16.4. The van der Waals surface area contributed by atoms with Gasteiger partial charge in [-0.3, -0.25) is 0 Å². The van der Waals surface area contributed by atoms with Gasteiger partial charge >= 0.3 is 23.9 Å². The van der Waals surface area contributed by atoms with Gasteiger partial charge in [0.15, 0.2) is 0 Å². The van der Waals surface area contributed by atoms with E-state index in [1.807, 2.05) is 0 Å². The van der Waals surface area contributed by atoms with Gasteiger partial charge in [0, 0.05) is 24.3 Å². The number of aliphatic carboxylic acids is 4. The molecule has 0 heterocycles. The van der Waals surface area contributed by atoms with Crippen molar-refractivity contribution in [3.8, 4) is 0 Å². The van der Waals surface area contributed by atoms with Crippen molar-refractivity contribution < 1.29 is 39.6 Å². The Morgan fingerprint density at radius 1 is 0.500 bits per heavy atom. The van der Waals surface area contributed by atoms with E-state index in [1.165, 1.54) is 25.7 Å². The highest BCUT2D eigenvalue weighted by Crippen LogP contribution is 1.77. The summed E-state index contributed by atoms with van der Waals surface area (Å²) in [5, 5.41) is 31.2. The standard InChI is InChI=1S/2C4H4O4.2C4H10/c2*5-3(6)1-2-4(7)8;2*1-3-4-2/h2*1-2H,(H,5,6)(H,7,8);2*3-4H2,1-2H3/b2-1+;2-1-;;. The maximum Gasteiger partial charge on any atom is 0.328 e. The number of rotatable bonds is 6. The molecule has 0 unspecified atom stereocenters. The summed E-state index contributed by atoms with van der Waals surface area (Å²) >= 11 is 0. The minimum absolute atomic E-state index is 0.558. The van der Waals surface area contributed by atoms with Crippen LogP contribution in [-0.2, 0) is 19.2 Å². The normalized spacial score (nSPS) is 8.83. The van der Waals surface area contributed by atoms with Crippen molar-refractivity contribution in [3.63, 3.8) is 0 Å². The number of hydrogen-bond donors (Lipinski definition) is 4. The first-order valence-corrected chi connectivity index (χ1v) is 7.36. The van der Waals surface area contributed by atoms with Gasteiger partial charge in [-0.15, -0.1) is 0 Å². The molecule has 8 nitrogen and oxygen atoms in total. The Hall–Kier alpha value is -2.64. The first kappa shape index (κ1) is 29.4. The van der Waals surface area contributed by atoms with Gasteiger partial charge in [-0.25, -0.2) is 19.2 Å². The van der Waals surface area contributed by atoms with E-state index in [0.29, 0.717) is 24.3 Å². The van der Waals surface area contributed by atoms with Crippen molar-refractivity contribution in [2.24, 2.45) is 0 Å². The van der Waals surface area contributed by atoms with Crippen molar-refractivity contribution in [3.05, 3.63) is 24.3 Å². The van der Waals surface area contributed by atoms with Gasteiger partial charge in [-0.2, -0.15) is 0 Å². The van der Waals surface area contributed by atoms with Gasteiger partial charge in [0.05, 0.1) is 0 Å². The molecule has 0 spiro atoms. The summed E-state index contributed by atoms with van der Waals surface area (Å²) in [5.74, 6) is -5.03. The molecule has 0 aromatic rings. The Kier molecular flexibility index (Phi) is 31.0. The van der Waals surface area contributed by atoms with Gasteiger partial charge in [-0.1, -0.05) is 53.4 Å². The molecule has 0 amide bonds. The summed E-state index contributed by atoms with van der Waals surface area (Å²) < 4.78 is 0. The van der Waals surface area contributed by atoms with Crippen LogP contribution in [0.25, 0.3) is 0 Å². The Labute approximate surface area is 142 Å². The van der Waals surface area contributed by atoms with E-state index in [-0.39, 0.29) is 0 Å². The van der Waals surface area contributed by atoms with E-state index in [9.17, 15) is 19.2 Å². The fourth-order valence-corrected chi connectivity index (χ4v) is 0.285. The lowest BCUT2D eigenvalue weighted by atomic mass is 10.4. The van der Waals surface area contributed by atoms with Crippen LogP contribution in [0.4, 0.5) is 0 Å². The molecule has 0 aromatic heterocycles. The van der Waals surface area contributed by atoms with Gasteiger partial charge in [0.25, 0.3) is 0 Å². The second-order valence-electron chi connectivity index (χ2n) is 4.02. The van der Waals surface area contributed by atoms with E-state index >= 15 is 0 Å². The van der Waals surface area contributed by atoms with Crippen LogP contribution in [0.3, 0.4) is 0 Å². The smallest absolute Gasteiger partial charge is 0.328 e. The Morgan fingerprint density at radius 3 is 0.667 bits per heavy atom. The van der Waals surface area contributed by atoms with Crippen molar-refractivity contribution in [1.82, 2.24) is 0 Å². The first-order valence-electron chi connectivity index (χ1n) is 7.36. The molecule has 4 N–H and O–H groups in total. The molecule has 0 saturated carbocycles. The summed E-state index contributed by atoms with van der Waals surface area (Å²) in [5.41, 5.74) is 0. The minimum atomic E-state index is -1.26. The van der Waals surface area contributed by atoms with E-state index in [1.54, 1.807) is 0 Å². The zero-order chi connectivity index (χ0) is 20.0. The minimum Gasteiger partial charge on any atom is -0.478 e. The molecule has 0 saturated heterocycles. The quantitative estimate of drug-likeness (QED) is 0.535. The van der Waals surface area contributed by atoms with Crippen LogP contribution in [0.1, 0.15) is 53.4 Å². The number of carboxylic acids is 4. The monoisotopic (exact) mass is 348 g/mol. The summed E-state index contributed by atoms with van der Waals surface area (Å²) in [4.78, 5) is 38.2. The molecule has 24 heavy (non-hydrogen) atoms. The lowest BCUT2D eigenvalue weighted by Gasteiger charge is -1.74. The third kappa shape index (κ3) is 74.5. The highest BCUT2D eigenvalue weighted by Gasteiger charge is 1.88. The Bertz CT molecular complexity index is 323. The van der Waals surface area contributed by atoms with Crippen molar-refractivity contribution >= 4 is 23.9 Å². The zero-order valence-electron chi connectivity index (χ0n) is 14.6. The van der Waals surface area contributed by atoms with Crippen LogP contribution < -0.4 is 0 Å². The zero-order valence-corrected chi connectivity index (χ0v) is 14.6. The van der Waals surface area contributed by atoms with E-state index in [2.05, 4.69) is 27.7 Å².